The topological polar surface area (TPSA) is 12.0 Å². The molecule has 0 unspecified atom stereocenters. The summed E-state index contributed by atoms with van der Waals surface area (Å²) in [6.45, 7) is 16.9. The molecule has 1 aliphatic rings. The van der Waals surface area contributed by atoms with Crippen LogP contribution in [0.2, 0.25) is 0 Å². The van der Waals surface area contributed by atoms with Gasteiger partial charge in [0.25, 0.3) is 0 Å². The van der Waals surface area contributed by atoms with Crippen molar-refractivity contribution >= 4 is 0 Å². The molecule has 2 heteroatoms. The molecule has 16 heavy (non-hydrogen) atoms. The molecule has 0 aromatic carbocycles. The van der Waals surface area contributed by atoms with Crippen molar-refractivity contribution in [1.82, 2.24) is 5.32 Å². The molecular weight excluding hydrogens is 196 g/mol. The Labute approximate surface area is 102 Å². The van der Waals surface area contributed by atoms with Gasteiger partial charge in [0.1, 0.15) is 0 Å². The van der Waals surface area contributed by atoms with Crippen LogP contribution in [-0.4, -0.2) is 42.2 Å². The van der Waals surface area contributed by atoms with Crippen LogP contribution < -0.4 is 5.32 Å². The number of hydrogen-bond donors (Lipinski definition) is 1. The van der Waals surface area contributed by atoms with Gasteiger partial charge in [-0.1, -0.05) is 6.92 Å². The minimum atomic E-state index is 0.316. The smallest absolute Gasteiger partial charge is 0.0801 e. The van der Waals surface area contributed by atoms with Crippen LogP contribution in [0.3, 0.4) is 0 Å². The normalized spacial score (nSPS) is 22.3. The van der Waals surface area contributed by atoms with Crippen molar-refractivity contribution in [3.8, 4) is 0 Å². The monoisotopic (exact) mass is 227 g/mol. The Kier molecular flexibility index (Phi) is 4.81. The Morgan fingerprint density at radius 3 is 1.94 bits per heavy atom. The molecule has 0 aromatic rings. The maximum Gasteiger partial charge on any atom is 0.0801 e. The van der Waals surface area contributed by atoms with Gasteiger partial charge in [0.2, 0.25) is 0 Å². The van der Waals surface area contributed by atoms with Crippen LogP contribution >= 0.6 is 0 Å². The highest BCUT2D eigenvalue weighted by Gasteiger charge is 2.32. The highest BCUT2D eigenvalue weighted by molar-refractivity contribution is 4.82. The van der Waals surface area contributed by atoms with Gasteiger partial charge in [-0.2, -0.15) is 0 Å². The summed E-state index contributed by atoms with van der Waals surface area (Å²) in [5.41, 5.74) is 0.316. The standard InChI is InChI=1S/C14H31N2/c1-6-14(4,5)15-13-9-11-16(7-2,8-3)12-10-13/h13,15H,6-12H2,1-5H3/q+1. The molecule has 1 N–H and O–H groups in total. The van der Waals surface area contributed by atoms with Crippen molar-refractivity contribution in [2.45, 2.75) is 65.5 Å². The summed E-state index contributed by atoms with van der Waals surface area (Å²) >= 11 is 0. The average molecular weight is 227 g/mol. The minimum absolute atomic E-state index is 0.316. The third-order valence-corrected chi connectivity index (χ3v) is 4.72. The van der Waals surface area contributed by atoms with Gasteiger partial charge >= 0.3 is 0 Å². The van der Waals surface area contributed by atoms with Crippen molar-refractivity contribution < 1.29 is 4.48 Å². The Bertz CT molecular complexity index is 197. The summed E-state index contributed by atoms with van der Waals surface area (Å²) in [7, 11) is 0. The molecule has 0 spiro atoms. The Hall–Kier alpha value is -0.0800. The van der Waals surface area contributed by atoms with E-state index in [2.05, 4.69) is 39.9 Å². The average Bonchev–Trinajstić information content (AvgIpc) is 2.30. The molecule has 0 atom stereocenters. The van der Waals surface area contributed by atoms with E-state index in [0.717, 1.165) is 6.04 Å². The van der Waals surface area contributed by atoms with Gasteiger partial charge in [-0.15, -0.1) is 0 Å². The predicted molar refractivity (Wildman–Crippen MR) is 71.6 cm³/mol. The van der Waals surface area contributed by atoms with E-state index in [1.165, 1.54) is 49.9 Å². The number of nitrogens with zero attached hydrogens (tertiary/aromatic N) is 1. The molecule has 96 valence electrons. The van der Waals surface area contributed by atoms with Gasteiger partial charge in [0.15, 0.2) is 0 Å². The van der Waals surface area contributed by atoms with Crippen LogP contribution in [0.25, 0.3) is 0 Å². The summed E-state index contributed by atoms with van der Waals surface area (Å²) in [6.07, 6.45) is 3.92. The fourth-order valence-corrected chi connectivity index (χ4v) is 2.77. The van der Waals surface area contributed by atoms with Gasteiger partial charge in [-0.3, -0.25) is 0 Å². The zero-order chi connectivity index (χ0) is 12.2. The van der Waals surface area contributed by atoms with E-state index < -0.39 is 0 Å². The molecule has 0 aliphatic carbocycles. The van der Waals surface area contributed by atoms with Crippen LogP contribution in [-0.2, 0) is 0 Å². The van der Waals surface area contributed by atoms with E-state index in [1.54, 1.807) is 0 Å². The number of piperidine rings is 1. The molecular formula is C14H31N2+. The van der Waals surface area contributed by atoms with Crippen molar-refractivity contribution in [3.63, 3.8) is 0 Å². The van der Waals surface area contributed by atoms with Gasteiger partial charge in [-0.05, 0) is 34.1 Å². The first-order valence-corrected chi connectivity index (χ1v) is 7.09. The van der Waals surface area contributed by atoms with Crippen LogP contribution in [0, 0.1) is 0 Å². The van der Waals surface area contributed by atoms with Crippen LogP contribution in [0.5, 0.6) is 0 Å². The first-order chi connectivity index (χ1) is 7.47. The lowest BCUT2D eigenvalue weighted by Gasteiger charge is -2.44. The van der Waals surface area contributed by atoms with Crippen molar-refractivity contribution in [1.29, 1.82) is 0 Å². The van der Waals surface area contributed by atoms with E-state index >= 15 is 0 Å². The first kappa shape index (κ1) is 14.0. The summed E-state index contributed by atoms with van der Waals surface area (Å²) in [5, 5.41) is 3.82. The second-order valence-corrected chi connectivity index (χ2v) is 6.08. The van der Waals surface area contributed by atoms with Crippen LogP contribution in [0.4, 0.5) is 0 Å². The lowest BCUT2D eigenvalue weighted by Crippen LogP contribution is -2.58. The predicted octanol–water partition coefficient (Wildman–Crippen LogP) is 2.78. The molecule has 0 aromatic heterocycles. The molecule has 1 heterocycles. The first-order valence-electron chi connectivity index (χ1n) is 7.09. The second kappa shape index (κ2) is 5.50. The number of likely N-dealkylation sites (tertiary alicyclic amines) is 1. The van der Waals surface area contributed by atoms with E-state index in [1.807, 2.05) is 0 Å². The SMILES string of the molecule is CCC(C)(C)NC1CC[N+](CC)(CC)CC1. The molecule has 0 bridgehead atoms. The summed E-state index contributed by atoms with van der Waals surface area (Å²) in [4.78, 5) is 0. The Morgan fingerprint density at radius 1 is 1.06 bits per heavy atom. The lowest BCUT2D eigenvalue weighted by molar-refractivity contribution is -0.929. The number of quaternary nitrogens is 1. The maximum absolute atomic E-state index is 3.82. The second-order valence-electron chi connectivity index (χ2n) is 6.08. The van der Waals surface area contributed by atoms with Crippen molar-refractivity contribution in [2.75, 3.05) is 26.2 Å². The van der Waals surface area contributed by atoms with Crippen LogP contribution in [0.1, 0.15) is 53.9 Å². The van der Waals surface area contributed by atoms with Crippen molar-refractivity contribution in [2.24, 2.45) is 0 Å². The highest BCUT2D eigenvalue weighted by Crippen LogP contribution is 2.21. The highest BCUT2D eigenvalue weighted by atomic mass is 15.4. The van der Waals surface area contributed by atoms with Gasteiger partial charge in [0.05, 0.1) is 26.2 Å². The lowest BCUT2D eigenvalue weighted by atomic mass is 9.95. The quantitative estimate of drug-likeness (QED) is 0.712. The number of hydrogen-bond acceptors (Lipinski definition) is 1. The number of rotatable bonds is 5. The summed E-state index contributed by atoms with van der Waals surface area (Å²) in [6, 6.07) is 0.749. The molecule has 0 saturated carbocycles. The molecule has 1 fully saturated rings. The summed E-state index contributed by atoms with van der Waals surface area (Å²) in [5.74, 6) is 0. The van der Waals surface area contributed by atoms with Gasteiger partial charge in [0, 0.05) is 24.4 Å². The van der Waals surface area contributed by atoms with E-state index in [9.17, 15) is 0 Å². The molecule has 0 amide bonds. The van der Waals surface area contributed by atoms with E-state index in [-0.39, 0.29) is 0 Å². The minimum Gasteiger partial charge on any atom is -0.324 e. The Balaban J connectivity index is 2.43. The van der Waals surface area contributed by atoms with Gasteiger partial charge < -0.3 is 9.80 Å². The van der Waals surface area contributed by atoms with Crippen LogP contribution in [0.15, 0.2) is 0 Å². The maximum atomic E-state index is 3.82. The molecule has 2 nitrogen and oxygen atoms in total. The molecule has 1 aliphatic heterocycles. The molecule has 1 saturated heterocycles. The fourth-order valence-electron chi connectivity index (χ4n) is 2.77. The zero-order valence-electron chi connectivity index (χ0n) is 12.0. The summed E-state index contributed by atoms with van der Waals surface area (Å²) < 4.78 is 1.34. The molecule has 0 radical (unpaired) electrons. The fraction of sp³-hybridized carbons (Fsp3) is 1.00. The third-order valence-electron chi connectivity index (χ3n) is 4.72. The largest absolute Gasteiger partial charge is 0.324 e. The van der Waals surface area contributed by atoms with E-state index in [4.69, 9.17) is 0 Å². The Morgan fingerprint density at radius 2 is 1.56 bits per heavy atom. The molecule has 1 rings (SSSR count). The van der Waals surface area contributed by atoms with Crippen molar-refractivity contribution in [3.05, 3.63) is 0 Å². The zero-order valence-corrected chi connectivity index (χ0v) is 12.0. The van der Waals surface area contributed by atoms with E-state index in [0.29, 0.717) is 5.54 Å². The van der Waals surface area contributed by atoms with Gasteiger partial charge in [-0.25, -0.2) is 0 Å². The number of nitrogens with one attached hydrogen (secondary N) is 1. The third kappa shape index (κ3) is 3.46.